The van der Waals surface area contributed by atoms with E-state index in [9.17, 15) is 5.11 Å². The number of phenolic OH excluding ortho intramolecular Hbond substituents is 1. The molecule has 0 aliphatic carbocycles. The Morgan fingerprint density at radius 3 is 2.31 bits per heavy atom. The summed E-state index contributed by atoms with van der Waals surface area (Å²) in [5.74, 6) is 0.100. The second-order valence-corrected chi connectivity index (χ2v) is 4.25. The fourth-order valence-corrected chi connectivity index (χ4v) is 2.47. The standard InChI is InChI=1S/C8H8Br2O3/c1-3-5(11)2-4(9)6(7(3)10)8(12)13/h2,8,11-13H,1H3. The number of aliphatic hydroxyl groups excluding tert-OH is 1. The van der Waals surface area contributed by atoms with Crippen LogP contribution in [0.3, 0.4) is 0 Å². The van der Waals surface area contributed by atoms with Gasteiger partial charge in [-0.1, -0.05) is 15.9 Å². The van der Waals surface area contributed by atoms with Gasteiger partial charge in [-0.2, -0.15) is 0 Å². The molecule has 0 saturated carbocycles. The van der Waals surface area contributed by atoms with Crippen LogP contribution in [0.2, 0.25) is 0 Å². The third-order valence-electron chi connectivity index (χ3n) is 1.73. The van der Waals surface area contributed by atoms with E-state index in [2.05, 4.69) is 31.9 Å². The molecule has 0 aliphatic heterocycles. The summed E-state index contributed by atoms with van der Waals surface area (Å²) in [6, 6.07) is 1.43. The van der Waals surface area contributed by atoms with Crippen molar-refractivity contribution in [1.29, 1.82) is 0 Å². The minimum Gasteiger partial charge on any atom is -0.508 e. The number of rotatable bonds is 1. The van der Waals surface area contributed by atoms with Crippen LogP contribution in [0.4, 0.5) is 0 Å². The van der Waals surface area contributed by atoms with Gasteiger partial charge >= 0.3 is 0 Å². The topological polar surface area (TPSA) is 60.7 Å². The third kappa shape index (κ3) is 2.04. The van der Waals surface area contributed by atoms with E-state index in [1.54, 1.807) is 6.92 Å². The Kier molecular flexibility index (Phi) is 3.34. The molecule has 0 radical (unpaired) electrons. The molecule has 1 rings (SSSR count). The monoisotopic (exact) mass is 310 g/mol. The molecule has 0 amide bonds. The zero-order valence-corrected chi connectivity index (χ0v) is 9.92. The van der Waals surface area contributed by atoms with Crippen LogP contribution in [0.15, 0.2) is 15.0 Å². The largest absolute Gasteiger partial charge is 0.508 e. The number of benzene rings is 1. The van der Waals surface area contributed by atoms with Gasteiger partial charge in [0.15, 0.2) is 6.29 Å². The van der Waals surface area contributed by atoms with E-state index in [0.717, 1.165) is 0 Å². The second kappa shape index (κ2) is 3.96. The number of halogens is 2. The average Bonchev–Trinajstić information content (AvgIpc) is 1.99. The molecule has 1 aromatic carbocycles. The average molecular weight is 312 g/mol. The lowest BCUT2D eigenvalue weighted by atomic mass is 10.1. The Hall–Kier alpha value is -0.100. The highest BCUT2D eigenvalue weighted by atomic mass is 79.9. The molecule has 5 heteroatoms. The number of hydrogen-bond donors (Lipinski definition) is 3. The van der Waals surface area contributed by atoms with Crippen molar-refractivity contribution in [3.8, 4) is 5.75 Å². The fourth-order valence-electron chi connectivity index (χ4n) is 0.962. The van der Waals surface area contributed by atoms with Crippen LogP contribution in [-0.4, -0.2) is 15.3 Å². The molecule has 0 spiro atoms. The molecule has 3 nitrogen and oxygen atoms in total. The summed E-state index contributed by atoms with van der Waals surface area (Å²) in [4.78, 5) is 0. The van der Waals surface area contributed by atoms with Crippen LogP contribution in [0.25, 0.3) is 0 Å². The summed E-state index contributed by atoms with van der Waals surface area (Å²) in [6.07, 6.45) is -1.57. The van der Waals surface area contributed by atoms with Gasteiger partial charge in [-0.05, 0) is 28.9 Å². The molecule has 1 aromatic rings. The van der Waals surface area contributed by atoms with Crippen molar-refractivity contribution in [1.82, 2.24) is 0 Å². The summed E-state index contributed by atoms with van der Waals surface area (Å²) in [7, 11) is 0. The van der Waals surface area contributed by atoms with Gasteiger partial charge in [0.2, 0.25) is 0 Å². The van der Waals surface area contributed by atoms with Gasteiger partial charge in [0, 0.05) is 20.1 Å². The first kappa shape index (κ1) is 11.0. The zero-order valence-electron chi connectivity index (χ0n) is 6.75. The molecule has 3 N–H and O–H groups in total. The number of aliphatic hydroxyl groups is 2. The number of aromatic hydroxyl groups is 1. The van der Waals surface area contributed by atoms with Gasteiger partial charge in [-0.15, -0.1) is 0 Å². The van der Waals surface area contributed by atoms with Gasteiger partial charge in [-0.3, -0.25) is 0 Å². The van der Waals surface area contributed by atoms with Gasteiger partial charge in [-0.25, -0.2) is 0 Å². The van der Waals surface area contributed by atoms with Crippen molar-refractivity contribution in [2.75, 3.05) is 0 Å². The van der Waals surface area contributed by atoms with Gasteiger partial charge in [0.1, 0.15) is 5.75 Å². The van der Waals surface area contributed by atoms with Crippen LogP contribution in [0.5, 0.6) is 5.75 Å². The van der Waals surface area contributed by atoms with E-state index in [4.69, 9.17) is 10.2 Å². The smallest absolute Gasteiger partial charge is 0.180 e. The highest BCUT2D eigenvalue weighted by molar-refractivity contribution is 9.11. The first-order valence-electron chi connectivity index (χ1n) is 3.48. The SMILES string of the molecule is Cc1c(O)cc(Br)c(C(O)O)c1Br. The molecule has 72 valence electrons. The van der Waals surface area contributed by atoms with E-state index < -0.39 is 6.29 Å². The predicted octanol–water partition coefficient (Wildman–Crippen LogP) is 2.21. The molecule has 0 aliphatic rings. The molecular formula is C8H8Br2O3. The zero-order chi connectivity index (χ0) is 10.2. The van der Waals surface area contributed by atoms with E-state index >= 15 is 0 Å². The van der Waals surface area contributed by atoms with Crippen LogP contribution in [-0.2, 0) is 0 Å². The predicted molar refractivity (Wildman–Crippen MR) is 55.4 cm³/mol. The summed E-state index contributed by atoms with van der Waals surface area (Å²) in [5.41, 5.74) is 0.890. The van der Waals surface area contributed by atoms with Crippen molar-refractivity contribution in [2.24, 2.45) is 0 Å². The lowest BCUT2D eigenvalue weighted by Crippen LogP contribution is -1.99. The van der Waals surface area contributed by atoms with Crippen LogP contribution in [0.1, 0.15) is 17.4 Å². The van der Waals surface area contributed by atoms with E-state index in [1.807, 2.05) is 0 Å². The van der Waals surface area contributed by atoms with Crippen molar-refractivity contribution < 1.29 is 15.3 Å². The molecule has 0 bridgehead atoms. The van der Waals surface area contributed by atoms with Gasteiger partial charge in [0.25, 0.3) is 0 Å². The molecule has 13 heavy (non-hydrogen) atoms. The lowest BCUT2D eigenvalue weighted by Gasteiger charge is -2.12. The number of hydrogen-bond acceptors (Lipinski definition) is 3. The van der Waals surface area contributed by atoms with Crippen molar-refractivity contribution >= 4 is 31.9 Å². The fraction of sp³-hybridized carbons (Fsp3) is 0.250. The Bertz CT molecular complexity index is 337. The van der Waals surface area contributed by atoms with Crippen LogP contribution < -0.4 is 0 Å². The number of phenols is 1. The molecule has 0 unspecified atom stereocenters. The van der Waals surface area contributed by atoms with Crippen molar-refractivity contribution in [3.63, 3.8) is 0 Å². The Morgan fingerprint density at radius 1 is 1.31 bits per heavy atom. The molecule has 0 atom stereocenters. The summed E-state index contributed by atoms with van der Waals surface area (Å²) >= 11 is 6.30. The first-order valence-corrected chi connectivity index (χ1v) is 5.07. The van der Waals surface area contributed by atoms with E-state index in [-0.39, 0.29) is 5.75 Å². The summed E-state index contributed by atoms with van der Waals surface area (Å²) in [6.45, 7) is 1.68. The van der Waals surface area contributed by atoms with Gasteiger partial charge < -0.3 is 15.3 Å². The molecule has 0 fully saturated rings. The lowest BCUT2D eigenvalue weighted by molar-refractivity contribution is -0.0436. The Labute approximate surface area is 92.3 Å². The maximum atomic E-state index is 9.36. The molecule has 0 aromatic heterocycles. The Morgan fingerprint density at radius 2 is 1.85 bits per heavy atom. The molecular weight excluding hydrogens is 304 g/mol. The summed E-state index contributed by atoms with van der Waals surface area (Å²) < 4.78 is 0.951. The molecule has 0 saturated heterocycles. The quantitative estimate of drug-likeness (QED) is 0.697. The normalized spacial score (nSPS) is 10.9. The van der Waals surface area contributed by atoms with Gasteiger partial charge in [0.05, 0.1) is 0 Å². The highest BCUT2D eigenvalue weighted by Gasteiger charge is 2.16. The van der Waals surface area contributed by atoms with Crippen molar-refractivity contribution in [2.45, 2.75) is 13.2 Å². The third-order valence-corrected chi connectivity index (χ3v) is 3.41. The van der Waals surface area contributed by atoms with Crippen LogP contribution in [0, 0.1) is 6.92 Å². The first-order chi connectivity index (χ1) is 5.95. The Balaban J connectivity index is 3.44. The minimum absolute atomic E-state index is 0.100. The minimum atomic E-state index is -1.57. The van der Waals surface area contributed by atoms with Crippen LogP contribution >= 0.6 is 31.9 Å². The maximum Gasteiger partial charge on any atom is 0.180 e. The van der Waals surface area contributed by atoms with E-state index in [0.29, 0.717) is 20.1 Å². The molecule has 0 heterocycles. The highest BCUT2D eigenvalue weighted by Crippen LogP contribution is 2.37. The summed E-state index contributed by atoms with van der Waals surface area (Å²) in [5, 5.41) is 27.4. The second-order valence-electron chi connectivity index (χ2n) is 2.60. The van der Waals surface area contributed by atoms with Crippen molar-refractivity contribution in [3.05, 3.63) is 26.1 Å². The van der Waals surface area contributed by atoms with E-state index in [1.165, 1.54) is 6.07 Å². The maximum absolute atomic E-state index is 9.36.